The third-order valence-corrected chi connectivity index (χ3v) is 4.80. The van der Waals surface area contributed by atoms with Gasteiger partial charge in [0.05, 0.1) is 25.4 Å². The van der Waals surface area contributed by atoms with Crippen LogP contribution in [-0.2, 0) is 9.59 Å². The van der Waals surface area contributed by atoms with Gasteiger partial charge in [-0.3, -0.25) is 9.59 Å². The molecule has 2 atom stereocenters. The fourth-order valence-electron chi connectivity index (χ4n) is 2.91. The highest BCUT2D eigenvalue weighted by atomic mass is 35.5. The summed E-state index contributed by atoms with van der Waals surface area (Å²) in [5, 5.41) is 6.40. The van der Waals surface area contributed by atoms with Gasteiger partial charge in [-0.05, 0) is 37.6 Å². The Morgan fingerprint density at radius 2 is 1.71 bits per heavy atom. The molecule has 0 fully saturated rings. The third kappa shape index (κ3) is 6.25. The Labute approximate surface area is 170 Å². The smallest absolute Gasteiger partial charge is 0.279 e. The van der Waals surface area contributed by atoms with E-state index in [1.54, 1.807) is 25.3 Å². The van der Waals surface area contributed by atoms with E-state index in [1.807, 2.05) is 44.2 Å². The Kier molecular flexibility index (Phi) is 8.29. The van der Waals surface area contributed by atoms with Crippen molar-refractivity contribution in [3.8, 4) is 5.75 Å². The summed E-state index contributed by atoms with van der Waals surface area (Å²) in [7, 11) is 1.55. The lowest BCUT2D eigenvalue weighted by atomic mass is 10.1. The van der Waals surface area contributed by atoms with Gasteiger partial charge in [-0.1, -0.05) is 41.9 Å². The van der Waals surface area contributed by atoms with Gasteiger partial charge in [0.15, 0.2) is 13.1 Å². The predicted molar refractivity (Wildman–Crippen MR) is 111 cm³/mol. The van der Waals surface area contributed by atoms with E-state index in [9.17, 15) is 9.59 Å². The average molecular weight is 405 g/mol. The van der Waals surface area contributed by atoms with Crippen molar-refractivity contribution in [3.63, 3.8) is 0 Å². The number of anilines is 1. The summed E-state index contributed by atoms with van der Waals surface area (Å²) in [6, 6.07) is 14.4. The van der Waals surface area contributed by atoms with Crippen LogP contribution in [-0.4, -0.2) is 38.6 Å². The van der Waals surface area contributed by atoms with E-state index in [1.165, 1.54) is 0 Å². The standard InChI is InChI=1S/C21H26ClN3O3/c1-4-25(14-21(27)24-18-11-7-8-12-19(18)28-3)13-20(26)23-15(2)16-9-5-6-10-17(16)22/h5-12,15H,4,13-14H2,1-3H3,(H,23,26)(H,24,27)/p+1/t15-/m1/s1. The molecule has 2 aromatic rings. The Balaban J connectivity index is 1.89. The highest BCUT2D eigenvalue weighted by molar-refractivity contribution is 6.31. The monoisotopic (exact) mass is 404 g/mol. The maximum absolute atomic E-state index is 12.4. The number of hydrogen-bond acceptors (Lipinski definition) is 3. The van der Waals surface area contributed by atoms with E-state index in [4.69, 9.17) is 16.3 Å². The number of para-hydroxylation sites is 2. The minimum absolute atomic E-state index is 0.130. The second-order valence-electron chi connectivity index (χ2n) is 6.52. The summed E-state index contributed by atoms with van der Waals surface area (Å²) >= 11 is 6.19. The largest absolute Gasteiger partial charge is 0.495 e. The van der Waals surface area contributed by atoms with Crippen molar-refractivity contribution in [1.29, 1.82) is 0 Å². The highest BCUT2D eigenvalue weighted by Crippen LogP contribution is 2.23. The van der Waals surface area contributed by atoms with Crippen LogP contribution in [0, 0.1) is 0 Å². The number of rotatable bonds is 9. The summed E-state index contributed by atoms with van der Waals surface area (Å²) in [4.78, 5) is 25.7. The molecule has 0 saturated heterocycles. The van der Waals surface area contributed by atoms with E-state index < -0.39 is 0 Å². The molecule has 2 rings (SSSR count). The first-order chi connectivity index (χ1) is 13.4. The third-order valence-electron chi connectivity index (χ3n) is 4.45. The molecule has 0 saturated carbocycles. The van der Waals surface area contributed by atoms with Crippen LogP contribution in [0.5, 0.6) is 5.75 Å². The van der Waals surface area contributed by atoms with Gasteiger partial charge in [0.1, 0.15) is 5.75 Å². The lowest BCUT2D eigenvalue weighted by molar-refractivity contribution is -0.881. The molecule has 0 radical (unpaired) electrons. The number of ether oxygens (including phenoxy) is 1. The number of hydrogen-bond donors (Lipinski definition) is 3. The van der Waals surface area contributed by atoms with Crippen molar-refractivity contribution in [2.24, 2.45) is 0 Å². The molecule has 0 aromatic heterocycles. The molecule has 2 aromatic carbocycles. The number of nitrogens with one attached hydrogen (secondary N) is 3. The first-order valence-electron chi connectivity index (χ1n) is 9.24. The number of benzene rings is 2. The van der Waals surface area contributed by atoms with Crippen molar-refractivity contribution in [1.82, 2.24) is 5.32 Å². The first-order valence-corrected chi connectivity index (χ1v) is 9.62. The van der Waals surface area contributed by atoms with Gasteiger partial charge in [-0.15, -0.1) is 0 Å². The van der Waals surface area contributed by atoms with Crippen LogP contribution in [0.4, 0.5) is 5.69 Å². The maximum Gasteiger partial charge on any atom is 0.279 e. The number of amides is 2. The second kappa shape index (κ2) is 10.7. The van der Waals surface area contributed by atoms with Crippen LogP contribution >= 0.6 is 11.6 Å². The number of quaternary nitrogens is 1. The van der Waals surface area contributed by atoms with Crippen molar-refractivity contribution in [2.45, 2.75) is 19.9 Å². The van der Waals surface area contributed by atoms with E-state index in [-0.39, 0.29) is 30.9 Å². The van der Waals surface area contributed by atoms with Gasteiger partial charge in [0, 0.05) is 5.02 Å². The molecular formula is C21H27ClN3O3+. The molecule has 1 unspecified atom stereocenters. The van der Waals surface area contributed by atoms with Crippen LogP contribution in [0.15, 0.2) is 48.5 Å². The van der Waals surface area contributed by atoms with Crippen LogP contribution in [0.25, 0.3) is 0 Å². The van der Waals surface area contributed by atoms with E-state index in [0.29, 0.717) is 23.0 Å². The minimum Gasteiger partial charge on any atom is -0.495 e. The topological polar surface area (TPSA) is 71.9 Å². The quantitative estimate of drug-likeness (QED) is 0.599. The number of likely N-dealkylation sites (N-methyl/N-ethyl adjacent to an activating group) is 1. The van der Waals surface area contributed by atoms with Crippen molar-refractivity contribution < 1.29 is 19.2 Å². The molecule has 28 heavy (non-hydrogen) atoms. The molecule has 2 amide bonds. The lowest BCUT2D eigenvalue weighted by Crippen LogP contribution is -3.14. The molecule has 3 N–H and O–H groups in total. The van der Waals surface area contributed by atoms with Crippen LogP contribution in [0.2, 0.25) is 5.02 Å². The van der Waals surface area contributed by atoms with Crippen LogP contribution in [0.1, 0.15) is 25.5 Å². The number of carbonyl (C=O) groups is 2. The van der Waals surface area contributed by atoms with E-state index >= 15 is 0 Å². The molecule has 6 nitrogen and oxygen atoms in total. The minimum atomic E-state index is -0.207. The van der Waals surface area contributed by atoms with Gasteiger partial charge in [-0.25, -0.2) is 0 Å². The van der Waals surface area contributed by atoms with Gasteiger partial charge in [-0.2, -0.15) is 0 Å². The zero-order valence-electron chi connectivity index (χ0n) is 16.4. The van der Waals surface area contributed by atoms with Gasteiger partial charge >= 0.3 is 0 Å². The summed E-state index contributed by atoms with van der Waals surface area (Å²) < 4.78 is 5.24. The first kappa shape index (κ1) is 21.7. The fraction of sp³-hybridized carbons (Fsp3) is 0.333. The fourth-order valence-corrected chi connectivity index (χ4v) is 3.20. The lowest BCUT2D eigenvalue weighted by Gasteiger charge is -2.20. The molecule has 0 aliphatic rings. The normalized spacial score (nSPS) is 12.7. The summed E-state index contributed by atoms with van der Waals surface area (Å²) in [6.07, 6.45) is 0. The van der Waals surface area contributed by atoms with Gasteiger partial charge in [0.25, 0.3) is 11.8 Å². The van der Waals surface area contributed by atoms with Gasteiger partial charge in [0.2, 0.25) is 0 Å². The maximum atomic E-state index is 12.4. The van der Waals surface area contributed by atoms with Crippen LogP contribution in [0.3, 0.4) is 0 Å². The molecule has 0 aliphatic heterocycles. The summed E-state index contributed by atoms with van der Waals surface area (Å²) in [5.74, 6) is 0.294. The van der Waals surface area contributed by atoms with Crippen molar-refractivity contribution in [2.75, 3.05) is 32.1 Å². The number of halogens is 1. The molecule has 150 valence electrons. The molecule has 0 aliphatic carbocycles. The Hall–Kier alpha value is -2.57. The zero-order chi connectivity index (χ0) is 20.5. The highest BCUT2D eigenvalue weighted by Gasteiger charge is 2.19. The Morgan fingerprint density at radius 1 is 1.07 bits per heavy atom. The average Bonchev–Trinajstić information content (AvgIpc) is 2.68. The number of methoxy groups -OCH3 is 1. The molecule has 7 heteroatoms. The van der Waals surface area contributed by atoms with Crippen molar-refractivity contribution >= 4 is 29.1 Å². The summed E-state index contributed by atoms with van der Waals surface area (Å²) in [5.41, 5.74) is 1.48. The second-order valence-corrected chi connectivity index (χ2v) is 6.92. The number of carbonyl (C=O) groups excluding carboxylic acids is 2. The predicted octanol–water partition coefficient (Wildman–Crippen LogP) is 2.07. The van der Waals surface area contributed by atoms with E-state index in [2.05, 4.69) is 10.6 Å². The molecule has 0 bridgehead atoms. The Bertz CT molecular complexity index is 813. The van der Waals surface area contributed by atoms with Gasteiger partial charge < -0.3 is 20.3 Å². The SMILES string of the molecule is CC[NH+](CC(=O)Nc1ccccc1OC)CC(=O)N[C@H](C)c1ccccc1Cl. The van der Waals surface area contributed by atoms with E-state index in [0.717, 1.165) is 10.5 Å². The molecule has 0 heterocycles. The zero-order valence-corrected chi connectivity index (χ0v) is 17.2. The Morgan fingerprint density at radius 3 is 2.39 bits per heavy atom. The summed E-state index contributed by atoms with van der Waals surface area (Å²) in [6.45, 7) is 4.86. The molecule has 0 spiro atoms. The van der Waals surface area contributed by atoms with Crippen LogP contribution < -0.4 is 20.3 Å². The van der Waals surface area contributed by atoms with Crippen molar-refractivity contribution in [3.05, 3.63) is 59.1 Å². The molecular weight excluding hydrogens is 378 g/mol.